The molecule has 0 aliphatic carbocycles. The van der Waals surface area contributed by atoms with Crippen LogP contribution >= 0.6 is 11.6 Å². The molecule has 4 nitrogen and oxygen atoms in total. The number of hydrogen-bond acceptors (Lipinski definition) is 3. The van der Waals surface area contributed by atoms with E-state index in [1.165, 1.54) is 32.4 Å². The lowest BCUT2D eigenvalue weighted by Gasteiger charge is -2.25. The fraction of sp³-hybridized carbons (Fsp3) is 0.538. The van der Waals surface area contributed by atoms with Gasteiger partial charge >= 0.3 is 0 Å². The molecule has 3 heterocycles. The van der Waals surface area contributed by atoms with Crippen molar-refractivity contribution in [1.82, 2.24) is 19.5 Å². The third-order valence-electron chi connectivity index (χ3n) is 3.44. The van der Waals surface area contributed by atoms with Crippen LogP contribution in [0.2, 0.25) is 5.02 Å². The standard InChI is InChI=1S/C13H17ClN4/c14-11-4-9-18-13(10-11)15-12(16-18)5-8-17-6-2-1-3-7-17/h4,9-10H,1-3,5-8H2. The Morgan fingerprint density at radius 3 is 2.89 bits per heavy atom. The second-order valence-electron chi connectivity index (χ2n) is 4.83. The number of rotatable bonds is 3. The summed E-state index contributed by atoms with van der Waals surface area (Å²) in [5, 5.41) is 5.16. The predicted molar refractivity (Wildman–Crippen MR) is 72.0 cm³/mol. The molecule has 3 rings (SSSR count). The van der Waals surface area contributed by atoms with Gasteiger partial charge in [-0.1, -0.05) is 18.0 Å². The molecule has 1 aliphatic heterocycles. The zero-order chi connectivity index (χ0) is 12.4. The van der Waals surface area contributed by atoms with Crippen molar-refractivity contribution in [3.05, 3.63) is 29.2 Å². The number of hydrogen-bond donors (Lipinski definition) is 0. The Bertz CT molecular complexity index is 531. The van der Waals surface area contributed by atoms with Crippen molar-refractivity contribution in [2.45, 2.75) is 25.7 Å². The monoisotopic (exact) mass is 264 g/mol. The lowest BCUT2D eigenvalue weighted by Crippen LogP contribution is -2.31. The Morgan fingerprint density at radius 1 is 1.22 bits per heavy atom. The first-order chi connectivity index (χ1) is 8.81. The maximum absolute atomic E-state index is 5.94. The van der Waals surface area contributed by atoms with E-state index in [0.717, 1.165) is 24.4 Å². The quantitative estimate of drug-likeness (QED) is 0.854. The molecule has 96 valence electrons. The number of nitrogens with zero attached hydrogens (tertiary/aromatic N) is 4. The van der Waals surface area contributed by atoms with Gasteiger partial charge in [0.1, 0.15) is 0 Å². The highest BCUT2D eigenvalue weighted by molar-refractivity contribution is 6.30. The smallest absolute Gasteiger partial charge is 0.157 e. The van der Waals surface area contributed by atoms with Crippen molar-refractivity contribution >= 4 is 17.2 Å². The fourth-order valence-electron chi connectivity index (χ4n) is 2.45. The van der Waals surface area contributed by atoms with Crippen LogP contribution in [-0.2, 0) is 6.42 Å². The van der Waals surface area contributed by atoms with Crippen LogP contribution in [0.25, 0.3) is 5.65 Å². The van der Waals surface area contributed by atoms with E-state index < -0.39 is 0 Å². The van der Waals surface area contributed by atoms with Crippen molar-refractivity contribution in [3.63, 3.8) is 0 Å². The summed E-state index contributed by atoms with van der Waals surface area (Å²) >= 11 is 5.94. The van der Waals surface area contributed by atoms with E-state index >= 15 is 0 Å². The van der Waals surface area contributed by atoms with Gasteiger partial charge in [-0.05, 0) is 32.0 Å². The lowest BCUT2D eigenvalue weighted by molar-refractivity contribution is 0.230. The maximum Gasteiger partial charge on any atom is 0.157 e. The van der Waals surface area contributed by atoms with Gasteiger partial charge < -0.3 is 4.90 Å². The summed E-state index contributed by atoms with van der Waals surface area (Å²) in [7, 11) is 0. The molecule has 0 unspecified atom stereocenters. The Hall–Kier alpha value is -1.13. The molecule has 0 bridgehead atoms. The minimum Gasteiger partial charge on any atom is -0.303 e. The minimum absolute atomic E-state index is 0.706. The minimum atomic E-state index is 0.706. The van der Waals surface area contributed by atoms with Crippen molar-refractivity contribution in [3.8, 4) is 0 Å². The number of fused-ring (bicyclic) bond motifs is 1. The van der Waals surface area contributed by atoms with Gasteiger partial charge in [0.15, 0.2) is 11.5 Å². The Kier molecular flexibility index (Phi) is 3.48. The van der Waals surface area contributed by atoms with Crippen LogP contribution in [0.4, 0.5) is 0 Å². The van der Waals surface area contributed by atoms with Gasteiger partial charge in [-0.2, -0.15) is 5.10 Å². The molecule has 2 aromatic heterocycles. The summed E-state index contributed by atoms with van der Waals surface area (Å²) in [6.07, 6.45) is 6.80. The first kappa shape index (κ1) is 11.9. The van der Waals surface area contributed by atoms with E-state index in [9.17, 15) is 0 Å². The number of likely N-dealkylation sites (tertiary alicyclic amines) is 1. The van der Waals surface area contributed by atoms with Gasteiger partial charge in [0, 0.05) is 30.3 Å². The van der Waals surface area contributed by atoms with E-state index in [1.54, 1.807) is 4.52 Å². The number of halogens is 1. The molecule has 0 spiro atoms. The molecule has 1 saturated heterocycles. The molecule has 0 radical (unpaired) electrons. The van der Waals surface area contributed by atoms with E-state index in [0.29, 0.717) is 5.02 Å². The Morgan fingerprint density at radius 2 is 2.06 bits per heavy atom. The summed E-state index contributed by atoms with van der Waals surface area (Å²) < 4.78 is 1.79. The molecule has 0 saturated carbocycles. The zero-order valence-corrected chi connectivity index (χ0v) is 11.1. The van der Waals surface area contributed by atoms with E-state index in [1.807, 2.05) is 18.3 Å². The lowest BCUT2D eigenvalue weighted by atomic mass is 10.1. The van der Waals surface area contributed by atoms with Gasteiger partial charge in [-0.15, -0.1) is 0 Å². The second kappa shape index (κ2) is 5.24. The Balaban J connectivity index is 1.67. The third-order valence-corrected chi connectivity index (χ3v) is 3.68. The summed E-state index contributed by atoms with van der Waals surface area (Å²) in [6.45, 7) is 3.50. The van der Waals surface area contributed by atoms with Crippen molar-refractivity contribution in [2.75, 3.05) is 19.6 Å². The molecule has 1 aliphatic rings. The maximum atomic E-state index is 5.94. The fourth-order valence-corrected chi connectivity index (χ4v) is 2.60. The SMILES string of the molecule is Clc1ccn2nc(CCN3CCCCC3)nc2c1. The molecule has 0 amide bonds. The van der Waals surface area contributed by atoms with Crippen molar-refractivity contribution in [1.29, 1.82) is 0 Å². The van der Waals surface area contributed by atoms with E-state index in [2.05, 4.69) is 15.0 Å². The van der Waals surface area contributed by atoms with Crippen LogP contribution in [-0.4, -0.2) is 39.1 Å². The average molecular weight is 265 g/mol. The third kappa shape index (κ3) is 2.65. The largest absolute Gasteiger partial charge is 0.303 e. The van der Waals surface area contributed by atoms with Gasteiger partial charge in [-0.3, -0.25) is 0 Å². The Labute approximate surface area is 112 Å². The molecule has 0 aromatic carbocycles. The number of aromatic nitrogens is 3. The second-order valence-corrected chi connectivity index (χ2v) is 5.26. The van der Waals surface area contributed by atoms with Crippen molar-refractivity contribution in [2.24, 2.45) is 0 Å². The summed E-state index contributed by atoms with van der Waals surface area (Å²) in [5.41, 5.74) is 0.830. The summed E-state index contributed by atoms with van der Waals surface area (Å²) in [5.74, 6) is 0.905. The molecule has 1 fully saturated rings. The van der Waals surface area contributed by atoms with Gasteiger partial charge in [0.25, 0.3) is 0 Å². The van der Waals surface area contributed by atoms with Crippen LogP contribution in [0, 0.1) is 0 Å². The number of pyridine rings is 1. The average Bonchev–Trinajstić information content (AvgIpc) is 2.79. The van der Waals surface area contributed by atoms with Crippen LogP contribution in [0.1, 0.15) is 25.1 Å². The molecular formula is C13H17ClN4. The van der Waals surface area contributed by atoms with Crippen LogP contribution < -0.4 is 0 Å². The molecule has 18 heavy (non-hydrogen) atoms. The topological polar surface area (TPSA) is 33.4 Å². The van der Waals surface area contributed by atoms with Gasteiger partial charge in [0.05, 0.1) is 0 Å². The highest BCUT2D eigenvalue weighted by atomic mass is 35.5. The first-order valence-electron chi connectivity index (χ1n) is 6.54. The first-order valence-corrected chi connectivity index (χ1v) is 6.92. The molecular weight excluding hydrogens is 248 g/mol. The molecule has 0 N–H and O–H groups in total. The predicted octanol–water partition coefficient (Wildman–Crippen LogP) is 2.41. The molecule has 5 heteroatoms. The normalized spacial score (nSPS) is 17.4. The summed E-state index contributed by atoms with van der Waals surface area (Å²) in [6, 6.07) is 3.68. The van der Waals surface area contributed by atoms with Crippen LogP contribution in [0.15, 0.2) is 18.3 Å². The van der Waals surface area contributed by atoms with E-state index in [4.69, 9.17) is 11.6 Å². The summed E-state index contributed by atoms with van der Waals surface area (Å²) in [4.78, 5) is 7.00. The van der Waals surface area contributed by atoms with Gasteiger partial charge in [0.2, 0.25) is 0 Å². The highest BCUT2D eigenvalue weighted by Crippen LogP contribution is 2.12. The molecule has 0 atom stereocenters. The number of piperidine rings is 1. The van der Waals surface area contributed by atoms with Gasteiger partial charge in [-0.25, -0.2) is 9.50 Å². The zero-order valence-electron chi connectivity index (χ0n) is 10.3. The molecule has 2 aromatic rings. The highest BCUT2D eigenvalue weighted by Gasteiger charge is 2.11. The van der Waals surface area contributed by atoms with Crippen LogP contribution in [0.3, 0.4) is 0 Å². The van der Waals surface area contributed by atoms with E-state index in [-0.39, 0.29) is 0 Å². The van der Waals surface area contributed by atoms with Crippen molar-refractivity contribution < 1.29 is 0 Å². The van der Waals surface area contributed by atoms with Crippen LogP contribution in [0.5, 0.6) is 0 Å².